The molecule has 1 aliphatic heterocycles. The Morgan fingerprint density at radius 1 is 1.08 bits per heavy atom. The maximum atomic E-state index is 13.0. The summed E-state index contributed by atoms with van der Waals surface area (Å²) in [5, 5.41) is 8.88. The monoisotopic (exact) mass is 355 g/mol. The van der Waals surface area contributed by atoms with Crippen LogP contribution >= 0.6 is 11.8 Å². The Morgan fingerprint density at radius 2 is 1.80 bits per heavy atom. The minimum atomic E-state index is -0.319. The van der Waals surface area contributed by atoms with Crippen LogP contribution < -0.4 is 10.9 Å². The number of Topliss-reactive ketones (excluding diaryl/α,β-unsaturated/α-hetero) is 1. The molecule has 1 aliphatic carbocycles. The fraction of sp³-hybridized carbons (Fsp3) is 0.368. The summed E-state index contributed by atoms with van der Waals surface area (Å²) in [6.45, 7) is 4.21. The van der Waals surface area contributed by atoms with Gasteiger partial charge in [-0.05, 0) is 35.8 Å². The molecule has 2 aliphatic rings. The number of hydrogen-bond acceptors (Lipinski definition) is 4. The Bertz CT molecular complexity index is 934. The molecule has 0 radical (unpaired) electrons. The van der Waals surface area contributed by atoms with Gasteiger partial charge < -0.3 is 5.32 Å². The van der Waals surface area contributed by atoms with Crippen LogP contribution in [0.3, 0.4) is 0 Å². The minimum absolute atomic E-state index is 0.0791. The summed E-state index contributed by atoms with van der Waals surface area (Å²) in [6, 6.07) is 8.13. The third-order valence-corrected chi connectivity index (χ3v) is 5.78. The predicted octanol–water partition coefficient (Wildman–Crippen LogP) is 3.63. The lowest BCUT2D eigenvalue weighted by atomic mass is 9.69. The smallest absolute Gasteiger partial charge is 0.270 e. The molecule has 5 nitrogen and oxygen atoms in total. The Balaban J connectivity index is 1.91. The van der Waals surface area contributed by atoms with E-state index in [9.17, 15) is 9.59 Å². The average molecular weight is 355 g/mol. The van der Waals surface area contributed by atoms with Crippen molar-refractivity contribution in [3.63, 3.8) is 0 Å². The van der Waals surface area contributed by atoms with E-state index in [0.29, 0.717) is 17.8 Å². The number of benzene rings is 1. The molecular formula is C19H21N3O2S. The van der Waals surface area contributed by atoms with Crippen LogP contribution in [0, 0.1) is 5.41 Å². The molecule has 0 saturated heterocycles. The molecule has 0 fully saturated rings. The van der Waals surface area contributed by atoms with Crippen LogP contribution in [0.5, 0.6) is 0 Å². The number of ketones is 1. The van der Waals surface area contributed by atoms with Gasteiger partial charge in [0, 0.05) is 28.5 Å². The number of H-pyrrole nitrogens is 2. The summed E-state index contributed by atoms with van der Waals surface area (Å²) in [4.78, 5) is 26.5. The summed E-state index contributed by atoms with van der Waals surface area (Å²) in [5.41, 5.74) is 3.00. The van der Waals surface area contributed by atoms with Crippen molar-refractivity contribution in [2.24, 2.45) is 5.41 Å². The Morgan fingerprint density at radius 3 is 2.48 bits per heavy atom. The molecule has 0 bridgehead atoms. The predicted molar refractivity (Wildman–Crippen MR) is 100 cm³/mol. The first-order chi connectivity index (χ1) is 11.9. The van der Waals surface area contributed by atoms with Gasteiger partial charge in [-0.25, -0.2) is 0 Å². The van der Waals surface area contributed by atoms with Gasteiger partial charge in [-0.15, -0.1) is 11.8 Å². The first-order valence-electron chi connectivity index (χ1n) is 8.37. The molecule has 2 heterocycles. The molecule has 1 atom stereocenters. The molecule has 0 amide bonds. The summed E-state index contributed by atoms with van der Waals surface area (Å²) >= 11 is 1.67. The first kappa shape index (κ1) is 16.3. The summed E-state index contributed by atoms with van der Waals surface area (Å²) in [7, 11) is 0. The highest BCUT2D eigenvalue weighted by molar-refractivity contribution is 7.98. The second kappa shape index (κ2) is 5.66. The van der Waals surface area contributed by atoms with Crippen LogP contribution in [0.4, 0.5) is 5.82 Å². The van der Waals surface area contributed by atoms with Crippen LogP contribution in [-0.4, -0.2) is 22.2 Å². The van der Waals surface area contributed by atoms with Crippen LogP contribution in [0.2, 0.25) is 0 Å². The number of fused-ring (bicyclic) bond motifs is 1. The van der Waals surface area contributed by atoms with Gasteiger partial charge in [0.1, 0.15) is 5.82 Å². The van der Waals surface area contributed by atoms with Gasteiger partial charge in [-0.1, -0.05) is 26.0 Å². The Labute approximate surface area is 150 Å². The lowest BCUT2D eigenvalue weighted by Crippen LogP contribution is -2.34. The Hall–Kier alpha value is -2.21. The van der Waals surface area contributed by atoms with E-state index in [-0.39, 0.29) is 22.7 Å². The molecule has 25 heavy (non-hydrogen) atoms. The zero-order valence-electron chi connectivity index (χ0n) is 14.5. The highest BCUT2D eigenvalue weighted by Gasteiger charge is 2.42. The van der Waals surface area contributed by atoms with E-state index < -0.39 is 0 Å². The number of aromatic amines is 2. The van der Waals surface area contributed by atoms with Crippen molar-refractivity contribution in [2.75, 3.05) is 11.6 Å². The van der Waals surface area contributed by atoms with Crippen LogP contribution in [0.1, 0.15) is 43.7 Å². The van der Waals surface area contributed by atoms with E-state index in [1.165, 1.54) is 0 Å². The number of allylic oxidation sites excluding steroid dienone is 2. The van der Waals surface area contributed by atoms with Crippen molar-refractivity contribution in [1.82, 2.24) is 10.2 Å². The van der Waals surface area contributed by atoms with Gasteiger partial charge in [0.25, 0.3) is 5.56 Å². The summed E-state index contributed by atoms with van der Waals surface area (Å²) in [6.07, 6.45) is 3.33. The van der Waals surface area contributed by atoms with Crippen molar-refractivity contribution >= 4 is 23.4 Å². The zero-order valence-corrected chi connectivity index (χ0v) is 15.3. The van der Waals surface area contributed by atoms with Gasteiger partial charge in [-0.2, -0.15) is 0 Å². The highest BCUT2D eigenvalue weighted by Crippen LogP contribution is 2.47. The van der Waals surface area contributed by atoms with E-state index in [4.69, 9.17) is 0 Å². The van der Waals surface area contributed by atoms with E-state index in [1.54, 1.807) is 11.8 Å². The number of thioether (sulfide) groups is 1. The normalized spacial score (nSPS) is 21.6. The molecule has 4 rings (SSSR count). The highest BCUT2D eigenvalue weighted by atomic mass is 32.2. The second-order valence-electron chi connectivity index (χ2n) is 7.53. The third kappa shape index (κ3) is 2.65. The number of rotatable bonds is 2. The molecule has 1 aromatic carbocycles. The number of carbonyl (C=O) groups excluding carboxylic acids is 1. The number of anilines is 1. The third-order valence-electron chi connectivity index (χ3n) is 5.04. The van der Waals surface area contributed by atoms with E-state index in [2.05, 4.69) is 29.4 Å². The van der Waals surface area contributed by atoms with Crippen LogP contribution in [0.15, 0.2) is 45.2 Å². The van der Waals surface area contributed by atoms with Crippen LogP contribution in [0.25, 0.3) is 0 Å². The quantitative estimate of drug-likeness (QED) is 0.719. The number of carbonyl (C=O) groups is 1. The molecule has 1 unspecified atom stereocenters. The summed E-state index contributed by atoms with van der Waals surface area (Å²) < 4.78 is 0. The number of hydrogen-bond donors (Lipinski definition) is 3. The standard InChI is InChI=1S/C19H21N3O2S/c1-19(2)8-12-15(13(23)9-19)14(10-4-6-11(25-3)7-5-10)16-17(20-12)21-22-18(16)24/h4-7,14H,8-9H2,1-3H3,(H3,20,21,22,24). The van der Waals surface area contributed by atoms with Gasteiger partial charge >= 0.3 is 0 Å². The minimum Gasteiger partial charge on any atom is -0.343 e. The second-order valence-corrected chi connectivity index (χ2v) is 8.41. The lowest BCUT2D eigenvalue weighted by Gasteiger charge is -2.37. The molecule has 0 spiro atoms. The maximum absolute atomic E-state index is 13.0. The van der Waals surface area contributed by atoms with Gasteiger partial charge in [0.05, 0.1) is 5.56 Å². The largest absolute Gasteiger partial charge is 0.343 e. The van der Waals surface area contributed by atoms with Crippen molar-refractivity contribution in [3.8, 4) is 0 Å². The molecule has 0 saturated carbocycles. The van der Waals surface area contributed by atoms with E-state index >= 15 is 0 Å². The molecule has 6 heteroatoms. The molecular weight excluding hydrogens is 334 g/mol. The zero-order chi connectivity index (χ0) is 17.8. The van der Waals surface area contributed by atoms with Gasteiger partial charge in [-0.3, -0.25) is 19.8 Å². The van der Waals surface area contributed by atoms with Gasteiger partial charge in [0.2, 0.25) is 0 Å². The fourth-order valence-corrected chi connectivity index (χ4v) is 4.36. The molecule has 3 N–H and O–H groups in total. The number of nitrogens with one attached hydrogen (secondary N) is 3. The molecule has 2 aromatic rings. The average Bonchev–Trinajstić information content (AvgIpc) is 2.93. The Kier molecular flexibility index (Phi) is 3.68. The topological polar surface area (TPSA) is 77.8 Å². The van der Waals surface area contributed by atoms with Gasteiger partial charge in [0.15, 0.2) is 5.78 Å². The van der Waals surface area contributed by atoms with Crippen LogP contribution in [-0.2, 0) is 4.79 Å². The fourth-order valence-electron chi connectivity index (χ4n) is 3.95. The van der Waals surface area contributed by atoms with Crippen molar-refractivity contribution in [3.05, 3.63) is 57.0 Å². The van der Waals surface area contributed by atoms with Crippen molar-refractivity contribution in [1.29, 1.82) is 0 Å². The van der Waals surface area contributed by atoms with E-state index in [0.717, 1.165) is 28.1 Å². The molecule has 130 valence electrons. The van der Waals surface area contributed by atoms with Crippen molar-refractivity contribution in [2.45, 2.75) is 37.5 Å². The molecule has 1 aromatic heterocycles. The van der Waals surface area contributed by atoms with E-state index in [1.807, 2.05) is 30.5 Å². The lowest BCUT2D eigenvalue weighted by molar-refractivity contribution is -0.118. The first-order valence-corrected chi connectivity index (χ1v) is 9.60. The summed E-state index contributed by atoms with van der Waals surface area (Å²) in [5.74, 6) is 0.484. The SMILES string of the molecule is CSc1ccc(C2C3=C(CC(C)(C)CC3=O)Nc3[nH][nH]c(=O)c32)cc1. The number of aromatic nitrogens is 2. The maximum Gasteiger partial charge on any atom is 0.270 e. The van der Waals surface area contributed by atoms with Crippen molar-refractivity contribution < 1.29 is 4.79 Å².